The van der Waals surface area contributed by atoms with Crippen molar-refractivity contribution in [2.45, 2.75) is 19.5 Å². The largest absolute Gasteiger partial charge is 0.467 e. The molecule has 1 aromatic carbocycles. The van der Waals surface area contributed by atoms with Crippen molar-refractivity contribution >= 4 is 40.8 Å². The van der Waals surface area contributed by atoms with Gasteiger partial charge in [-0.25, -0.2) is 4.79 Å². The molecule has 0 spiro atoms. The number of furan rings is 1. The monoisotopic (exact) mass is 424 g/mol. The van der Waals surface area contributed by atoms with Gasteiger partial charge in [0.05, 0.1) is 22.9 Å². The summed E-state index contributed by atoms with van der Waals surface area (Å²) in [5, 5.41) is 6.50. The van der Waals surface area contributed by atoms with Gasteiger partial charge in [0.15, 0.2) is 0 Å². The van der Waals surface area contributed by atoms with E-state index in [0.29, 0.717) is 42.0 Å². The minimum atomic E-state index is -0.643. The maximum atomic E-state index is 12.4. The van der Waals surface area contributed by atoms with Gasteiger partial charge in [0, 0.05) is 31.9 Å². The average molecular weight is 425 g/mol. The number of rotatable bonds is 5. The molecule has 9 heteroatoms. The molecule has 2 heterocycles. The van der Waals surface area contributed by atoms with Crippen LogP contribution in [0.5, 0.6) is 0 Å². The number of halogens is 2. The first kappa shape index (κ1) is 20.4. The lowest BCUT2D eigenvalue weighted by Crippen LogP contribution is -2.55. The molecule has 1 aromatic heterocycles. The summed E-state index contributed by atoms with van der Waals surface area (Å²) >= 11 is 12.0. The topological polar surface area (TPSA) is 77.8 Å². The van der Waals surface area contributed by atoms with Gasteiger partial charge < -0.3 is 24.9 Å². The Morgan fingerprint density at radius 3 is 2.54 bits per heavy atom. The summed E-state index contributed by atoms with van der Waals surface area (Å²) in [5.41, 5.74) is 0.972. The first-order chi connectivity index (χ1) is 13.4. The van der Waals surface area contributed by atoms with Gasteiger partial charge in [-0.3, -0.25) is 4.79 Å². The molecule has 7 nitrogen and oxygen atoms in total. The van der Waals surface area contributed by atoms with Gasteiger partial charge in [0.25, 0.3) is 0 Å². The molecule has 0 bridgehead atoms. The van der Waals surface area contributed by atoms with Crippen LogP contribution >= 0.6 is 23.2 Å². The fourth-order valence-electron chi connectivity index (χ4n) is 2.93. The predicted octanol–water partition coefficient (Wildman–Crippen LogP) is 3.12. The van der Waals surface area contributed by atoms with Gasteiger partial charge in [-0.15, -0.1) is 0 Å². The molecule has 1 aliphatic heterocycles. The van der Waals surface area contributed by atoms with Crippen LogP contribution in [0.1, 0.15) is 12.7 Å². The summed E-state index contributed by atoms with van der Waals surface area (Å²) in [7, 11) is 0. The van der Waals surface area contributed by atoms with E-state index in [0.717, 1.165) is 5.69 Å². The normalized spacial score (nSPS) is 15.2. The van der Waals surface area contributed by atoms with E-state index >= 15 is 0 Å². The van der Waals surface area contributed by atoms with E-state index in [4.69, 9.17) is 27.6 Å². The van der Waals surface area contributed by atoms with Crippen molar-refractivity contribution in [2.24, 2.45) is 0 Å². The van der Waals surface area contributed by atoms with Gasteiger partial charge in [0.2, 0.25) is 5.91 Å². The number of amides is 3. The smallest absolute Gasteiger partial charge is 0.318 e. The van der Waals surface area contributed by atoms with Crippen molar-refractivity contribution in [1.82, 2.24) is 15.5 Å². The molecular formula is C19H22Cl2N4O3. The Bertz CT molecular complexity index is 821. The SMILES string of the molecule is C[C@@H](NC(=O)N1CCN(c2ccc(Cl)c(Cl)c2)CC1)C(=O)NCc1ccco1. The quantitative estimate of drug-likeness (QED) is 0.772. The number of hydrogen-bond donors (Lipinski definition) is 2. The Labute approximate surface area is 173 Å². The van der Waals surface area contributed by atoms with E-state index in [1.807, 2.05) is 12.1 Å². The van der Waals surface area contributed by atoms with E-state index < -0.39 is 6.04 Å². The number of carbonyl (C=O) groups is 2. The highest BCUT2D eigenvalue weighted by atomic mass is 35.5. The maximum Gasteiger partial charge on any atom is 0.318 e. The minimum absolute atomic E-state index is 0.255. The zero-order valence-electron chi connectivity index (χ0n) is 15.5. The van der Waals surface area contributed by atoms with E-state index in [2.05, 4.69) is 15.5 Å². The zero-order chi connectivity index (χ0) is 20.1. The Kier molecular flexibility index (Phi) is 6.70. The van der Waals surface area contributed by atoms with Gasteiger partial charge in [0.1, 0.15) is 11.8 Å². The Morgan fingerprint density at radius 2 is 1.89 bits per heavy atom. The second-order valence-corrected chi connectivity index (χ2v) is 7.36. The summed E-state index contributed by atoms with van der Waals surface area (Å²) in [6.07, 6.45) is 1.55. The van der Waals surface area contributed by atoms with Crippen LogP contribution < -0.4 is 15.5 Å². The fourth-order valence-corrected chi connectivity index (χ4v) is 3.22. The molecule has 150 valence electrons. The number of hydrogen-bond acceptors (Lipinski definition) is 4. The second kappa shape index (κ2) is 9.21. The lowest BCUT2D eigenvalue weighted by atomic mass is 10.2. The molecule has 0 radical (unpaired) electrons. The van der Waals surface area contributed by atoms with E-state index in [1.54, 1.807) is 36.3 Å². The van der Waals surface area contributed by atoms with Gasteiger partial charge in [-0.1, -0.05) is 23.2 Å². The number of nitrogens with one attached hydrogen (secondary N) is 2. The first-order valence-electron chi connectivity index (χ1n) is 8.99. The Hall–Kier alpha value is -2.38. The average Bonchev–Trinajstić information content (AvgIpc) is 3.22. The summed E-state index contributed by atoms with van der Waals surface area (Å²) < 4.78 is 5.17. The first-order valence-corrected chi connectivity index (χ1v) is 9.75. The Balaban J connectivity index is 1.45. The molecule has 1 saturated heterocycles. The highest BCUT2D eigenvalue weighted by Crippen LogP contribution is 2.27. The number of benzene rings is 1. The highest BCUT2D eigenvalue weighted by molar-refractivity contribution is 6.42. The van der Waals surface area contributed by atoms with Crippen molar-refractivity contribution in [2.75, 3.05) is 31.1 Å². The molecule has 2 aromatic rings. The van der Waals surface area contributed by atoms with Crippen LogP contribution in [-0.4, -0.2) is 49.1 Å². The third-order valence-corrected chi connectivity index (χ3v) is 5.32. The van der Waals surface area contributed by atoms with Crippen LogP contribution in [-0.2, 0) is 11.3 Å². The molecule has 3 amide bonds. The van der Waals surface area contributed by atoms with E-state index in [1.165, 1.54) is 0 Å². The predicted molar refractivity (Wildman–Crippen MR) is 109 cm³/mol. The van der Waals surface area contributed by atoms with Gasteiger partial charge in [-0.05, 0) is 37.3 Å². The van der Waals surface area contributed by atoms with Crippen LogP contribution in [0.15, 0.2) is 41.0 Å². The third kappa shape index (κ3) is 5.11. The number of anilines is 1. The summed E-state index contributed by atoms with van der Waals surface area (Å²) in [4.78, 5) is 28.4. The zero-order valence-corrected chi connectivity index (χ0v) is 17.0. The van der Waals surface area contributed by atoms with Gasteiger partial charge in [-0.2, -0.15) is 0 Å². The van der Waals surface area contributed by atoms with Crippen LogP contribution in [0.4, 0.5) is 10.5 Å². The molecule has 1 fully saturated rings. The van der Waals surface area contributed by atoms with E-state index in [-0.39, 0.29) is 18.5 Å². The highest BCUT2D eigenvalue weighted by Gasteiger charge is 2.24. The summed E-state index contributed by atoms with van der Waals surface area (Å²) in [6, 6.07) is 8.13. The van der Waals surface area contributed by atoms with Crippen molar-refractivity contribution in [3.63, 3.8) is 0 Å². The van der Waals surface area contributed by atoms with Crippen LogP contribution in [0.2, 0.25) is 10.0 Å². The molecule has 0 saturated carbocycles. The molecule has 2 N–H and O–H groups in total. The molecule has 1 atom stereocenters. The molecule has 1 aliphatic rings. The number of urea groups is 1. The minimum Gasteiger partial charge on any atom is -0.467 e. The number of nitrogens with zero attached hydrogens (tertiary/aromatic N) is 2. The van der Waals surface area contributed by atoms with Crippen molar-refractivity contribution in [1.29, 1.82) is 0 Å². The fraction of sp³-hybridized carbons (Fsp3) is 0.368. The van der Waals surface area contributed by atoms with E-state index in [9.17, 15) is 9.59 Å². The second-order valence-electron chi connectivity index (χ2n) is 6.54. The molecule has 0 unspecified atom stereocenters. The standard InChI is InChI=1S/C19H22Cl2N4O3/c1-13(18(26)22-12-15-3-2-10-28-15)23-19(27)25-8-6-24(7-9-25)14-4-5-16(20)17(21)11-14/h2-5,10-11,13H,6-9,12H2,1H3,(H,22,26)(H,23,27)/t13-/m1/s1. The van der Waals surface area contributed by atoms with Gasteiger partial charge >= 0.3 is 6.03 Å². The molecule has 3 rings (SSSR count). The van der Waals surface area contributed by atoms with Crippen LogP contribution in [0.3, 0.4) is 0 Å². The maximum absolute atomic E-state index is 12.4. The Morgan fingerprint density at radius 1 is 1.14 bits per heavy atom. The molecular weight excluding hydrogens is 403 g/mol. The lowest BCUT2D eigenvalue weighted by Gasteiger charge is -2.36. The summed E-state index contributed by atoms with van der Waals surface area (Å²) in [5.74, 6) is 0.393. The molecule has 28 heavy (non-hydrogen) atoms. The van der Waals surface area contributed by atoms with Crippen LogP contribution in [0, 0.1) is 0 Å². The number of piperazine rings is 1. The third-order valence-electron chi connectivity index (χ3n) is 4.59. The van der Waals surface area contributed by atoms with Crippen molar-refractivity contribution in [3.05, 3.63) is 52.4 Å². The van der Waals surface area contributed by atoms with Crippen molar-refractivity contribution in [3.8, 4) is 0 Å². The molecule has 0 aliphatic carbocycles. The van der Waals surface area contributed by atoms with Crippen LogP contribution in [0.25, 0.3) is 0 Å². The van der Waals surface area contributed by atoms with Crippen molar-refractivity contribution < 1.29 is 14.0 Å². The summed E-state index contributed by atoms with van der Waals surface area (Å²) in [6.45, 7) is 4.38. The lowest BCUT2D eigenvalue weighted by molar-refractivity contribution is -0.122. The number of carbonyl (C=O) groups excluding carboxylic acids is 2.